The number of ether oxygens (including phenoxy) is 1. The lowest BCUT2D eigenvalue weighted by atomic mass is 9.70. The van der Waals surface area contributed by atoms with Crippen molar-refractivity contribution in [1.82, 2.24) is 4.90 Å². The summed E-state index contributed by atoms with van der Waals surface area (Å²) in [5, 5.41) is 0. The molecule has 3 atom stereocenters. The molecule has 2 saturated heterocycles. The molecule has 3 aliphatic heterocycles. The van der Waals surface area contributed by atoms with Crippen molar-refractivity contribution in [1.29, 1.82) is 0 Å². The number of carbonyl (C=O) groups is 1. The maximum absolute atomic E-state index is 12.9. The van der Waals surface area contributed by atoms with E-state index in [0.29, 0.717) is 11.8 Å². The molecule has 0 radical (unpaired) electrons. The van der Waals surface area contributed by atoms with Crippen LogP contribution in [0.15, 0.2) is 59.6 Å². The molecule has 3 aromatic rings. The third kappa shape index (κ3) is 5.25. The number of rotatable bonds is 4. The summed E-state index contributed by atoms with van der Waals surface area (Å²) in [6.45, 7) is 15.0. The average molecular weight is 631 g/mol. The van der Waals surface area contributed by atoms with Gasteiger partial charge in [0.1, 0.15) is 5.60 Å². The largest absolute Gasteiger partial charge is 0.495 e. The second-order valence-electron chi connectivity index (χ2n) is 16.4. The minimum atomic E-state index is -0.507. The molecule has 6 nitrogen and oxygen atoms in total. The monoisotopic (exact) mass is 630 g/mol. The lowest BCUT2D eigenvalue weighted by Crippen LogP contribution is -2.43. The minimum Gasteiger partial charge on any atom is -0.444 e. The molecule has 0 spiro atoms. The van der Waals surface area contributed by atoms with Gasteiger partial charge in [0.25, 0.3) is 0 Å². The van der Waals surface area contributed by atoms with E-state index < -0.39 is 5.60 Å². The number of aliphatic imine (C=N–C) groups is 1. The van der Waals surface area contributed by atoms with Crippen molar-refractivity contribution in [2.75, 3.05) is 6.54 Å². The SMILES string of the molecule is CC(C)(C)OC(=O)N1CCC[C@H]1C1=Nc2ccc(-c3ccc(-c4ccc(B5OC(C)(C)C(C)(C)O5)c5c4C4CCC5C4)cc3)cc2C1. The zero-order valence-electron chi connectivity index (χ0n) is 29.0. The van der Waals surface area contributed by atoms with E-state index in [0.717, 1.165) is 37.2 Å². The molecule has 2 aliphatic carbocycles. The first-order valence-corrected chi connectivity index (χ1v) is 17.6. The van der Waals surface area contributed by atoms with Crippen molar-refractivity contribution in [3.05, 3.63) is 71.3 Å². The highest BCUT2D eigenvalue weighted by Crippen LogP contribution is 2.55. The van der Waals surface area contributed by atoms with Crippen LogP contribution in [0.1, 0.15) is 109 Å². The second kappa shape index (κ2) is 10.8. The molecule has 47 heavy (non-hydrogen) atoms. The third-order valence-electron chi connectivity index (χ3n) is 11.6. The fourth-order valence-electron chi connectivity index (χ4n) is 8.57. The van der Waals surface area contributed by atoms with E-state index in [1.54, 1.807) is 0 Å². The Kier molecular flexibility index (Phi) is 7.10. The number of likely N-dealkylation sites (tertiary alicyclic amines) is 1. The van der Waals surface area contributed by atoms with Crippen LogP contribution in [-0.4, -0.2) is 53.2 Å². The molecular weight excluding hydrogens is 583 g/mol. The first-order valence-electron chi connectivity index (χ1n) is 17.6. The summed E-state index contributed by atoms with van der Waals surface area (Å²) < 4.78 is 18.8. The summed E-state index contributed by atoms with van der Waals surface area (Å²) in [6, 6.07) is 20.3. The van der Waals surface area contributed by atoms with Crippen LogP contribution in [0.3, 0.4) is 0 Å². The Labute approximate surface area is 280 Å². The minimum absolute atomic E-state index is 0.00754. The van der Waals surface area contributed by atoms with E-state index in [9.17, 15) is 4.79 Å². The van der Waals surface area contributed by atoms with Crippen LogP contribution in [0, 0.1) is 0 Å². The van der Waals surface area contributed by atoms with Gasteiger partial charge in [0.2, 0.25) is 0 Å². The van der Waals surface area contributed by atoms with Crippen molar-refractivity contribution >= 4 is 30.1 Å². The fraction of sp³-hybridized carbons (Fsp3) is 0.500. The highest BCUT2D eigenvalue weighted by atomic mass is 16.7. The summed E-state index contributed by atoms with van der Waals surface area (Å²) in [5.41, 5.74) is 11.4. The molecule has 8 rings (SSSR count). The van der Waals surface area contributed by atoms with E-state index >= 15 is 0 Å². The highest BCUT2D eigenvalue weighted by Gasteiger charge is 2.54. The molecule has 5 aliphatic rings. The van der Waals surface area contributed by atoms with Crippen LogP contribution < -0.4 is 5.46 Å². The first-order chi connectivity index (χ1) is 22.3. The Morgan fingerprint density at radius 3 is 2.23 bits per heavy atom. The van der Waals surface area contributed by atoms with Gasteiger partial charge in [-0.05, 0) is 149 Å². The van der Waals surface area contributed by atoms with Crippen molar-refractivity contribution < 1.29 is 18.8 Å². The standard InChI is InChI=1S/C40H47BN2O4/c1-38(2,3)45-37(44)43-20-8-9-34(43)33-23-29-21-26(16-19-32(29)42-33)24-10-12-25(13-11-24)30-17-18-31(36-28-15-14-27(22-28)35(30)36)41-46-39(4,5)40(6,7)47-41/h10-13,16-19,21,27-28,34H,8-9,14-15,20,22-23H2,1-7H3/t27?,28?,34-/m0/s1. The number of benzene rings is 3. The summed E-state index contributed by atoms with van der Waals surface area (Å²) in [7, 11) is -0.317. The Morgan fingerprint density at radius 1 is 0.872 bits per heavy atom. The smallest absolute Gasteiger partial charge is 0.444 e. The van der Waals surface area contributed by atoms with Gasteiger partial charge in [0.05, 0.1) is 22.9 Å². The van der Waals surface area contributed by atoms with E-state index in [2.05, 4.69) is 82.3 Å². The van der Waals surface area contributed by atoms with Crippen LogP contribution in [0.4, 0.5) is 10.5 Å². The quantitative estimate of drug-likeness (QED) is 0.271. The molecule has 2 bridgehead atoms. The molecule has 2 unspecified atom stereocenters. The van der Waals surface area contributed by atoms with E-state index in [1.807, 2.05) is 25.7 Å². The molecule has 0 N–H and O–H groups in total. The topological polar surface area (TPSA) is 60.4 Å². The molecule has 0 aromatic heterocycles. The van der Waals surface area contributed by atoms with Crippen LogP contribution in [0.2, 0.25) is 0 Å². The first kappa shape index (κ1) is 30.9. The van der Waals surface area contributed by atoms with Crippen molar-refractivity contribution in [3.63, 3.8) is 0 Å². The fourth-order valence-corrected chi connectivity index (χ4v) is 8.57. The zero-order valence-corrected chi connectivity index (χ0v) is 29.0. The molecule has 3 aromatic carbocycles. The summed E-state index contributed by atoms with van der Waals surface area (Å²) in [4.78, 5) is 19.8. The molecule has 244 valence electrons. The van der Waals surface area contributed by atoms with Gasteiger partial charge in [-0.2, -0.15) is 0 Å². The van der Waals surface area contributed by atoms with Crippen LogP contribution >= 0.6 is 0 Å². The predicted octanol–water partition coefficient (Wildman–Crippen LogP) is 8.71. The predicted molar refractivity (Wildman–Crippen MR) is 189 cm³/mol. The van der Waals surface area contributed by atoms with Gasteiger partial charge in [-0.1, -0.05) is 42.5 Å². The van der Waals surface area contributed by atoms with Crippen LogP contribution in [0.25, 0.3) is 22.3 Å². The maximum atomic E-state index is 12.9. The normalized spacial score (nSPS) is 25.3. The molecule has 3 heterocycles. The van der Waals surface area contributed by atoms with Crippen LogP contribution in [0.5, 0.6) is 0 Å². The highest BCUT2D eigenvalue weighted by molar-refractivity contribution is 6.62. The second-order valence-corrected chi connectivity index (χ2v) is 16.4. The number of hydrogen-bond acceptors (Lipinski definition) is 5. The van der Waals surface area contributed by atoms with Gasteiger partial charge in [-0.3, -0.25) is 9.89 Å². The summed E-state index contributed by atoms with van der Waals surface area (Å²) >= 11 is 0. The van der Waals surface area contributed by atoms with Gasteiger partial charge in [0, 0.05) is 18.7 Å². The molecule has 1 amide bonds. The van der Waals surface area contributed by atoms with E-state index in [-0.39, 0.29) is 30.5 Å². The molecule has 7 heteroatoms. The van der Waals surface area contributed by atoms with Gasteiger partial charge >= 0.3 is 13.2 Å². The van der Waals surface area contributed by atoms with Crippen molar-refractivity contribution in [3.8, 4) is 22.3 Å². The van der Waals surface area contributed by atoms with E-state index in [4.69, 9.17) is 19.0 Å². The summed E-state index contributed by atoms with van der Waals surface area (Å²) in [5.74, 6) is 1.21. The molecule has 1 saturated carbocycles. The average Bonchev–Trinajstić information content (AvgIpc) is 3.84. The van der Waals surface area contributed by atoms with Gasteiger partial charge in [-0.15, -0.1) is 0 Å². The molecule has 3 fully saturated rings. The number of carbonyl (C=O) groups excluding carboxylic acids is 1. The zero-order chi connectivity index (χ0) is 32.9. The Balaban J connectivity index is 1.03. The number of nitrogens with zero attached hydrogens (tertiary/aromatic N) is 2. The molecular formula is C40H47BN2O4. The third-order valence-corrected chi connectivity index (χ3v) is 11.6. The Hall–Kier alpha value is -3.42. The van der Waals surface area contributed by atoms with Crippen molar-refractivity contribution in [2.45, 2.75) is 122 Å². The van der Waals surface area contributed by atoms with Gasteiger partial charge in [0.15, 0.2) is 0 Å². The van der Waals surface area contributed by atoms with Crippen molar-refractivity contribution in [2.24, 2.45) is 4.99 Å². The Morgan fingerprint density at radius 2 is 1.53 bits per heavy atom. The number of amides is 1. The maximum Gasteiger partial charge on any atom is 0.495 e. The Bertz CT molecular complexity index is 1770. The summed E-state index contributed by atoms with van der Waals surface area (Å²) in [6.07, 6.45) is 6.22. The van der Waals surface area contributed by atoms with Crippen LogP contribution in [-0.2, 0) is 20.5 Å². The van der Waals surface area contributed by atoms with Gasteiger partial charge < -0.3 is 14.0 Å². The van der Waals surface area contributed by atoms with Gasteiger partial charge in [-0.25, -0.2) is 4.79 Å². The van der Waals surface area contributed by atoms with E-state index in [1.165, 1.54) is 63.7 Å². The number of hydrogen-bond donors (Lipinski definition) is 0. The lowest BCUT2D eigenvalue weighted by Gasteiger charge is -2.32. The lowest BCUT2D eigenvalue weighted by molar-refractivity contribution is 0.00578. The number of fused-ring (bicyclic) bond motifs is 6.